The molecule has 0 saturated heterocycles. The molecule has 204 valence electrons. The molecule has 0 bridgehead atoms. The molecule has 0 atom stereocenters. The van der Waals surface area contributed by atoms with Gasteiger partial charge in [0.1, 0.15) is 11.2 Å². The summed E-state index contributed by atoms with van der Waals surface area (Å²) in [6, 6.07) is 18.7. The molecule has 1 N–H and O–H groups in total. The topological polar surface area (TPSA) is 147 Å². The van der Waals surface area contributed by atoms with Gasteiger partial charge in [-0.1, -0.05) is 47.1 Å². The standard InChI is InChI=1S/C26H21ClN6O6S/c1-16-23(25(35)33(31(16)2)17-8-4-3-5-9-17)29-40(37,38)18-12-13-21(27)20(14-18)26(36)39-15-32-24(34)19-10-6-7-11-22(19)28-30-32/h3-14,29H,15H2,1-2H3. The largest absolute Gasteiger partial charge is 0.438 e. The number of anilines is 1. The van der Waals surface area contributed by atoms with Crippen LogP contribution < -0.4 is 15.8 Å². The van der Waals surface area contributed by atoms with Crippen LogP contribution >= 0.6 is 11.6 Å². The smallest absolute Gasteiger partial charge is 0.341 e. The molecule has 0 aliphatic heterocycles. The van der Waals surface area contributed by atoms with E-state index in [9.17, 15) is 22.8 Å². The molecule has 5 aromatic rings. The molecular weight excluding hydrogens is 560 g/mol. The lowest BCUT2D eigenvalue weighted by molar-refractivity contribution is 0.0336. The van der Waals surface area contributed by atoms with Crippen molar-refractivity contribution in [1.29, 1.82) is 0 Å². The molecule has 40 heavy (non-hydrogen) atoms. The Morgan fingerprint density at radius 3 is 2.45 bits per heavy atom. The van der Waals surface area contributed by atoms with Crippen LogP contribution in [0.5, 0.6) is 0 Å². The molecule has 0 amide bonds. The monoisotopic (exact) mass is 580 g/mol. The fraction of sp³-hybridized carbons (Fsp3) is 0.115. The van der Waals surface area contributed by atoms with Crippen molar-refractivity contribution in [2.75, 3.05) is 4.72 Å². The molecule has 2 heterocycles. The van der Waals surface area contributed by atoms with Crippen molar-refractivity contribution < 1.29 is 17.9 Å². The number of para-hydroxylation sites is 1. The summed E-state index contributed by atoms with van der Waals surface area (Å²) in [7, 11) is -2.71. The van der Waals surface area contributed by atoms with E-state index in [-0.39, 0.29) is 26.6 Å². The summed E-state index contributed by atoms with van der Waals surface area (Å²) in [4.78, 5) is 38.3. The van der Waals surface area contributed by atoms with Gasteiger partial charge in [-0.2, -0.15) is 4.68 Å². The Morgan fingerprint density at radius 1 is 1.00 bits per heavy atom. The van der Waals surface area contributed by atoms with Crippen LogP contribution in [0.4, 0.5) is 5.69 Å². The van der Waals surface area contributed by atoms with Gasteiger partial charge in [0.25, 0.3) is 21.1 Å². The van der Waals surface area contributed by atoms with Crippen molar-refractivity contribution in [1.82, 2.24) is 24.4 Å². The van der Waals surface area contributed by atoms with Gasteiger partial charge in [-0.25, -0.2) is 17.9 Å². The minimum Gasteiger partial charge on any atom is -0.438 e. The number of rotatable bonds is 7. The third-order valence-electron chi connectivity index (χ3n) is 6.21. The second-order valence-corrected chi connectivity index (χ2v) is 10.7. The number of hydrogen-bond acceptors (Lipinski definition) is 8. The average molecular weight is 581 g/mol. The summed E-state index contributed by atoms with van der Waals surface area (Å²) >= 11 is 6.17. The fourth-order valence-electron chi connectivity index (χ4n) is 4.01. The van der Waals surface area contributed by atoms with E-state index in [2.05, 4.69) is 15.0 Å². The van der Waals surface area contributed by atoms with E-state index in [1.165, 1.54) is 21.5 Å². The summed E-state index contributed by atoms with van der Waals surface area (Å²) in [5, 5.41) is 7.87. The fourth-order valence-corrected chi connectivity index (χ4v) is 5.35. The number of benzene rings is 3. The second kappa shape index (κ2) is 10.4. The number of hydrogen-bond donors (Lipinski definition) is 1. The van der Waals surface area contributed by atoms with Crippen molar-refractivity contribution in [3.63, 3.8) is 0 Å². The molecule has 12 nitrogen and oxygen atoms in total. The van der Waals surface area contributed by atoms with E-state index in [0.717, 1.165) is 10.7 Å². The first-order valence-corrected chi connectivity index (χ1v) is 13.6. The highest BCUT2D eigenvalue weighted by Gasteiger charge is 2.24. The summed E-state index contributed by atoms with van der Waals surface area (Å²) in [5.41, 5.74) is -0.219. The van der Waals surface area contributed by atoms with E-state index in [1.54, 1.807) is 68.6 Å². The van der Waals surface area contributed by atoms with Gasteiger partial charge in [0, 0.05) is 7.05 Å². The third kappa shape index (κ3) is 4.87. The number of halogens is 1. The van der Waals surface area contributed by atoms with E-state index in [1.807, 2.05) is 0 Å². The zero-order chi connectivity index (χ0) is 28.6. The van der Waals surface area contributed by atoms with Crippen molar-refractivity contribution in [3.8, 4) is 5.69 Å². The Labute approximate surface area is 232 Å². The molecule has 0 unspecified atom stereocenters. The second-order valence-electron chi connectivity index (χ2n) is 8.66. The van der Waals surface area contributed by atoms with Crippen LogP contribution in [0, 0.1) is 6.92 Å². The van der Waals surface area contributed by atoms with Crippen LogP contribution in [0.3, 0.4) is 0 Å². The van der Waals surface area contributed by atoms with Gasteiger partial charge < -0.3 is 4.74 Å². The highest BCUT2D eigenvalue weighted by Crippen LogP contribution is 2.24. The van der Waals surface area contributed by atoms with Crippen LogP contribution in [0.1, 0.15) is 16.1 Å². The maximum Gasteiger partial charge on any atom is 0.341 e. The van der Waals surface area contributed by atoms with Gasteiger partial charge >= 0.3 is 5.97 Å². The number of esters is 1. The highest BCUT2D eigenvalue weighted by atomic mass is 35.5. The summed E-state index contributed by atoms with van der Waals surface area (Å²) in [6.45, 7) is 1.02. The summed E-state index contributed by atoms with van der Waals surface area (Å²) in [6.07, 6.45) is 0. The lowest BCUT2D eigenvalue weighted by Crippen LogP contribution is -2.26. The summed E-state index contributed by atoms with van der Waals surface area (Å²) < 4.78 is 37.8. The number of fused-ring (bicyclic) bond motifs is 1. The predicted octanol–water partition coefficient (Wildman–Crippen LogP) is 2.86. The number of nitrogens with one attached hydrogen (secondary N) is 1. The molecule has 14 heteroatoms. The number of ether oxygens (including phenoxy) is 1. The molecule has 2 aromatic heterocycles. The molecule has 0 aliphatic rings. The van der Waals surface area contributed by atoms with Crippen LogP contribution in [0.25, 0.3) is 16.6 Å². The number of carbonyl (C=O) groups is 1. The SMILES string of the molecule is Cc1c(NS(=O)(=O)c2ccc(Cl)c(C(=O)OCn3nnc4ccccc4c3=O)c2)c(=O)n(-c2ccccc2)n1C. The van der Waals surface area contributed by atoms with Gasteiger partial charge in [-0.3, -0.25) is 19.0 Å². The van der Waals surface area contributed by atoms with Crippen molar-refractivity contribution in [2.45, 2.75) is 18.6 Å². The first-order chi connectivity index (χ1) is 19.1. The minimum atomic E-state index is -4.34. The number of carbonyl (C=O) groups excluding carboxylic acids is 1. The Balaban J connectivity index is 1.41. The zero-order valence-corrected chi connectivity index (χ0v) is 22.7. The van der Waals surface area contributed by atoms with Crippen molar-refractivity contribution >= 4 is 44.2 Å². The maximum atomic E-state index is 13.3. The van der Waals surface area contributed by atoms with Crippen LogP contribution in [0.2, 0.25) is 5.02 Å². The van der Waals surface area contributed by atoms with Crippen LogP contribution in [0.15, 0.2) is 87.3 Å². The van der Waals surface area contributed by atoms with Gasteiger partial charge in [-0.15, -0.1) is 5.10 Å². The Morgan fingerprint density at radius 2 is 1.70 bits per heavy atom. The normalized spacial score (nSPS) is 11.5. The predicted molar refractivity (Wildman–Crippen MR) is 147 cm³/mol. The van der Waals surface area contributed by atoms with Crippen molar-refractivity contribution in [2.24, 2.45) is 7.05 Å². The molecule has 5 rings (SSSR count). The van der Waals surface area contributed by atoms with Crippen LogP contribution in [-0.2, 0) is 28.5 Å². The quantitative estimate of drug-likeness (QED) is 0.289. The van der Waals surface area contributed by atoms with Gasteiger partial charge in [-0.05, 0) is 49.4 Å². The van der Waals surface area contributed by atoms with E-state index in [0.29, 0.717) is 16.9 Å². The van der Waals surface area contributed by atoms with Gasteiger partial charge in [0.2, 0.25) is 0 Å². The summed E-state index contributed by atoms with van der Waals surface area (Å²) in [5.74, 6) is -0.994. The van der Waals surface area contributed by atoms with Gasteiger partial charge in [0.15, 0.2) is 6.73 Å². The Kier molecular flexibility index (Phi) is 7.00. The minimum absolute atomic E-state index is 0.0804. The molecule has 3 aromatic carbocycles. The van der Waals surface area contributed by atoms with Crippen molar-refractivity contribution in [3.05, 3.63) is 110 Å². The maximum absolute atomic E-state index is 13.3. The highest BCUT2D eigenvalue weighted by molar-refractivity contribution is 7.92. The average Bonchev–Trinajstić information content (AvgIpc) is 3.15. The van der Waals surface area contributed by atoms with E-state index in [4.69, 9.17) is 16.3 Å². The molecular formula is C26H21ClN6O6S. The first kappa shape index (κ1) is 26.8. The zero-order valence-electron chi connectivity index (χ0n) is 21.1. The Hall–Kier alpha value is -4.75. The third-order valence-corrected chi connectivity index (χ3v) is 7.88. The van der Waals surface area contributed by atoms with E-state index < -0.39 is 33.8 Å². The molecule has 0 aliphatic carbocycles. The number of sulfonamides is 1. The van der Waals surface area contributed by atoms with Gasteiger partial charge in [0.05, 0.1) is 32.2 Å². The van der Waals surface area contributed by atoms with Crippen LogP contribution in [-0.4, -0.2) is 38.7 Å². The Bertz CT molecular complexity index is 2000. The lowest BCUT2D eigenvalue weighted by atomic mass is 10.2. The first-order valence-electron chi connectivity index (χ1n) is 11.7. The number of aromatic nitrogens is 5. The number of nitrogens with zero attached hydrogens (tertiary/aromatic N) is 5. The molecule has 0 spiro atoms. The molecule has 0 radical (unpaired) electrons. The lowest BCUT2D eigenvalue weighted by Gasteiger charge is -2.11. The molecule has 0 fully saturated rings. The van der Waals surface area contributed by atoms with E-state index >= 15 is 0 Å². The molecule has 0 saturated carbocycles.